The van der Waals surface area contributed by atoms with E-state index in [0.29, 0.717) is 22.3 Å². The van der Waals surface area contributed by atoms with E-state index in [1.165, 1.54) is 0 Å². The molecule has 2 aromatic carbocycles. The zero-order valence-corrected chi connectivity index (χ0v) is 12.7. The van der Waals surface area contributed by atoms with E-state index in [4.69, 9.17) is 10.7 Å². The monoisotopic (exact) mass is 307 g/mol. The molecule has 112 valence electrons. The van der Waals surface area contributed by atoms with Crippen LogP contribution < -0.4 is 0 Å². The Morgan fingerprint density at radius 2 is 1.46 bits per heavy atom. The lowest BCUT2D eigenvalue weighted by Gasteiger charge is -2.22. The Hall–Kier alpha value is -3.90. The number of hydrogen-bond donors (Lipinski definition) is 0. The summed E-state index contributed by atoms with van der Waals surface area (Å²) in [5.41, 5.74) is 0.401. The van der Waals surface area contributed by atoms with Gasteiger partial charge in [-0.3, -0.25) is 0 Å². The zero-order chi connectivity index (χ0) is 17.6. The number of rotatable bonds is 4. The summed E-state index contributed by atoms with van der Waals surface area (Å²) in [5.74, 6) is 1.81. The van der Waals surface area contributed by atoms with Crippen LogP contribution in [0.2, 0.25) is 0 Å². The lowest BCUT2D eigenvalue weighted by molar-refractivity contribution is 0.914. The van der Waals surface area contributed by atoms with Crippen LogP contribution in [0.15, 0.2) is 61.2 Å². The second-order valence-electron chi connectivity index (χ2n) is 4.99. The van der Waals surface area contributed by atoms with E-state index in [1.807, 2.05) is 30.1 Å². The fraction of sp³-hybridized carbons (Fsp3) is 0.0500. The minimum atomic E-state index is -1.54. The van der Waals surface area contributed by atoms with Gasteiger partial charge >= 0.3 is 0 Å². The summed E-state index contributed by atoms with van der Waals surface area (Å²) in [6, 6.07) is 21.2. The van der Waals surface area contributed by atoms with Gasteiger partial charge in [0.1, 0.15) is 6.07 Å². The molecular formula is C20H11N4-. The van der Waals surface area contributed by atoms with Gasteiger partial charge in [-0.1, -0.05) is 61.2 Å². The fourth-order valence-electron chi connectivity index (χ4n) is 2.36. The minimum Gasteiger partial charge on any atom is -0.762 e. The molecule has 0 unspecified atom stereocenters. The summed E-state index contributed by atoms with van der Waals surface area (Å²) >= 11 is 0. The highest BCUT2D eigenvalue weighted by Gasteiger charge is 2.36. The Bertz CT molecular complexity index is 928. The summed E-state index contributed by atoms with van der Waals surface area (Å²) in [5, 5.41) is 37.2. The molecule has 0 aliphatic rings. The first kappa shape index (κ1) is 16.5. The second kappa shape index (κ2) is 6.91. The Morgan fingerprint density at radius 3 is 1.92 bits per heavy atom. The summed E-state index contributed by atoms with van der Waals surface area (Å²) in [4.78, 5) is 0. The molecule has 2 aromatic rings. The van der Waals surface area contributed by atoms with Gasteiger partial charge in [0.05, 0.1) is 17.7 Å². The van der Waals surface area contributed by atoms with Crippen molar-refractivity contribution in [2.45, 2.75) is 5.41 Å². The van der Waals surface area contributed by atoms with Gasteiger partial charge in [-0.15, -0.1) is 0 Å². The first-order chi connectivity index (χ1) is 11.6. The molecule has 0 aliphatic heterocycles. The van der Waals surface area contributed by atoms with Gasteiger partial charge in [0.25, 0.3) is 0 Å². The molecule has 0 aliphatic carbocycles. The van der Waals surface area contributed by atoms with Gasteiger partial charge in [0.15, 0.2) is 5.41 Å². The van der Waals surface area contributed by atoms with E-state index in [2.05, 4.69) is 18.7 Å². The van der Waals surface area contributed by atoms with Crippen molar-refractivity contribution in [3.05, 3.63) is 83.3 Å². The van der Waals surface area contributed by atoms with E-state index in [9.17, 15) is 10.5 Å². The molecule has 24 heavy (non-hydrogen) atoms. The van der Waals surface area contributed by atoms with Crippen LogP contribution in [0.3, 0.4) is 0 Å². The number of allylic oxidation sites excluding steroid dienone is 2. The molecule has 0 fully saturated rings. The molecule has 0 aromatic heterocycles. The number of hydrogen-bond acceptors (Lipinski definition) is 3. The standard InChI is InChI=1S/C20H11N4/c1-15(16-5-3-2-4-6-16)20(13-23,14-24)19-9-7-17(8-10-19)18(11-21)12-22/h2-10H,1H2/q-1. The SMILES string of the molecule is C=C(c1ccccc1)C(C#N)(C#N)c1ccc(C(=C=[N-])C#N)cc1. The molecule has 2 rings (SSSR count). The normalized spacial score (nSPS) is 9.71. The van der Waals surface area contributed by atoms with Crippen molar-refractivity contribution < 1.29 is 0 Å². The Morgan fingerprint density at radius 1 is 0.875 bits per heavy atom. The largest absolute Gasteiger partial charge is 0.762 e. The predicted octanol–water partition coefficient (Wildman–Crippen LogP) is 3.83. The van der Waals surface area contributed by atoms with Gasteiger partial charge in [0.2, 0.25) is 0 Å². The van der Waals surface area contributed by atoms with E-state index in [1.54, 1.807) is 36.4 Å². The molecule has 0 atom stereocenters. The molecule has 4 heteroatoms. The Labute approximate surface area is 140 Å². The quantitative estimate of drug-likeness (QED) is 0.634. The van der Waals surface area contributed by atoms with Gasteiger partial charge in [-0.05, 0) is 22.3 Å². The highest BCUT2D eigenvalue weighted by molar-refractivity contribution is 5.98. The molecule has 0 saturated heterocycles. The summed E-state index contributed by atoms with van der Waals surface area (Å²) in [6.45, 7) is 3.95. The summed E-state index contributed by atoms with van der Waals surface area (Å²) in [6.07, 6.45) is 0. The van der Waals surface area contributed by atoms with Crippen molar-refractivity contribution in [1.82, 2.24) is 0 Å². The van der Waals surface area contributed by atoms with Crippen LogP contribution in [0.4, 0.5) is 0 Å². The maximum Gasteiger partial charge on any atom is 0.193 e. The average Bonchev–Trinajstić information content (AvgIpc) is 2.66. The van der Waals surface area contributed by atoms with Crippen LogP contribution in [0.25, 0.3) is 16.6 Å². The third kappa shape index (κ3) is 2.72. The van der Waals surface area contributed by atoms with Gasteiger partial charge < -0.3 is 5.41 Å². The van der Waals surface area contributed by atoms with E-state index in [-0.39, 0.29) is 5.57 Å². The topological polar surface area (TPSA) is 93.7 Å². The van der Waals surface area contributed by atoms with Crippen LogP contribution in [0.5, 0.6) is 0 Å². The summed E-state index contributed by atoms with van der Waals surface area (Å²) in [7, 11) is 0. The smallest absolute Gasteiger partial charge is 0.193 e. The maximum absolute atomic E-state index is 9.69. The molecule has 0 N–H and O–H groups in total. The molecule has 0 radical (unpaired) electrons. The predicted molar refractivity (Wildman–Crippen MR) is 92.2 cm³/mol. The van der Waals surface area contributed by atoms with Crippen molar-refractivity contribution in [3.63, 3.8) is 0 Å². The van der Waals surface area contributed by atoms with Crippen molar-refractivity contribution in [1.29, 1.82) is 15.8 Å². The number of nitrogens with zero attached hydrogens (tertiary/aromatic N) is 4. The number of benzene rings is 2. The van der Waals surface area contributed by atoms with Crippen molar-refractivity contribution in [2.24, 2.45) is 0 Å². The highest BCUT2D eigenvalue weighted by atomic mass is 14.4. The fourth-order valence-corrected chi connectivity index (χ4v) is 2.36. The second-order valence-corrected chi connectivity index (χ2v) is 4.99. The third-order valence-corrected chi connectivity index (χ3v) is 3.74. The first-order valence-electron chi connectivity index (χ1n) is 6.98. The van der Waals surface area contributed by atoms with Crippen LogP contribution >= 0.6 is 0 Å². The lowest BCUT2D eigenvalue weighted by atomic mass is 9.74. The molecule has 0 spiro atoms. The summed E-state index contributed by atoms with van der Waals surface area (Å²) < 4.78 is 0. The Balaban J connectivity index is 2.55. The third-order valence-electron chi connectivity index (χ3n) is 3.74. The van der Waals surface area contributed by atoms with Crippen molar-refractivity contribution >= 4 is 17.0 Å². The van der Waals surface area contributed by atoms with Crippen LogP contribution in [-0.4, -0.2) is 5.87 Å². The van der Waals surface area contributed by atoms with E-state index >= 15 is 0 Å². The maximum atomic E-state index is 9.69. The van der Waals surface area contributed by atoms with E-state index in [0.717, 1.165) is 0 Å². The molecule has 4 nitrogen and oxygen atoms in total. The van der Waals surface area contributed by atoms with Crippen LogP contribution in [-0.2, 0) is 5.41 Å². The highest BCUT2D eigenvalue weighted by Crippen LogP contribution is 2.36. The van der Waals surface area contributed by atoms with Gasteiger partial charge in [0, 0.05) is 0 Å². The lowest BCUT2D eigenvalue weighted by Crippen LogP contribution is -2.23. The minimum absolute atomic E-state index is 0.0250. The van der Waals surface area contributed by atoms with Gasteiger partial charge in [-0.2, -0.15) is 15.8 Å². The molecule has 0 heterocycles. The first-order valence-corrected chi connectivity index (χ1v) is 6.98. The van der Waals surface area contributed by atoms with Crippen LogP contribution in [0.1, 0.15) is 16.7 Å². The molecule has 0 saturated carbocycles. The molecule has 0 amide bonds. The van der Waals surface area contributed by atoms with Crippen LogP contribution in [0, 0.1) is 34.0 Å². The number of nitriles is 3. The van der Waals surface area contributed by atoms with E-state index < -0.39 is 5.41 Å². The van der Waals surface area contributed by atoms with Crippen molar-refractivity contribution in [3.8, 4) is 18.2 Å². The molecule has 0 bridgehead atoms. The molecular weight excluding hydrogens is 296 g/mol. The zero-order valence-electron chi connectivity index (χ0n) is 12.7. The average molecular weight is 307 g/mol. The van der Waals surface area contributed by atoms with Gasteiger partial charge in [-0.25, -0.2) is 5.87 Å². The Kier molecular flexibility index (Phi) is 4.74. The van der Waals surface area contributed by atoms with Crippen molar-refractivity contribution in [2.75, 3.05) is 0 Å².